The lowest BCUT2D eigenvalue weighted by atomic mass is 9.83. The van der Waals surface area contributed by atoms with E-state index in [4.69, 9.17) is 9.47 Å². The summed E-state index contributed by atoms with van der Waals surface area (Å²) in [5, 5.41) is 114. The predicted octanol–water partition coefficient (Wildman–Crippen LogP) is -3.18. The zero-order valence-corrected chi connectivity index (χ0v) is 19.2. The highest BCUT2D eigenvalue weighted by atomic mass is 16.6. The highest BCUT2D eigenvalue weighted by Gasteiger charge is 2.50. The van der Waals surface area contributed by atoms with E-state index < -0.39 is 114 Å². The quantitative estimate of drug-likeness (QED) is 0.158. The van der Waals surface area contributed by atoms with Gasteiger partial charge in [0.05, 0.1) is 24.3 Å². The molecule has 1 aromatic rings. The molecule has 1 aromatic carbocycles. The second kappa shape index (κ2) is 11.1. The van der Waals surface area contributed by atoms with Crippen molar-refractivity contribution in [3.8, 4) is 17.2 Å². The van der Waals surface area contributed by atoms with Gasteiger partial charge in [-0.25, -0.2) is 0 Å². The summed E-state index contributed by atoms with van der Waals surface area (Å²) in [6, 6.07) is 0. The Bertz CT molecular complexity index is 886. The van der Waals surface area contributed by atoms with Crippen molar-refractivity contribution in [3.63, 3.8) is 0 Å². The smallest absolute Gasteiger partial charge is 0.170 e. The summed E-state index contributed by atoms with van der Waals surface area (Å²) in [5.74, 6) is -3.99. The summed E-state index contributed by atoms with van der Waals surface area (Å²) in [4.78, 5) is 12.8. The highest BCUT2D eigenvalue weighted by Crippen LogP contribution is 2.52. The number of hydrogen-bond acceptors (Lipinski definition) is 14. The second-order valence-electron chi connectivity index (χ2n) is 8.92. The van der Waals surface area contributed by atoms with Crippen molar-refractivity contribution in [1.82, 2.24) is 0 Å². The van der Waals surface area contributed by atoms with Crippen LogP contribution < -0.4 is 0 Å². The topological polar surface area (TPSA) is 258 Å². The normalized spacial score (nSPS) is 37.1. The van der Waals surface area contributed by atoms with Gasteiger partial charge in [0.25, 0.3) is 0 Å². The van der Waals surface area contributed by atoms with Crippen LogP contribution in [0.2, 0.25) is 0 Å². The van der Waals surface area contributed by atoms with Gasteiger partial charge in [-0.2, -0.15) is 0 Å². The number of rotatable bonds is 7. The van der Waals surface area contributed by atoms with Gasteiger partial charge in [-0.15, -0.1) is 0 Å². The van der Waals surface area contributed by atoms with E-state index in [1.807, 2.05) is 0 Å². The van der Waals surface area contributed by atoms with E-state index in [0.29, 0.717) is 0 Å². The molecule has 2 saturated heterocycles. The van der Waals surface area contributed by atoms with Crippen molar-refractivity contribution in [1.29, 1.82) is 0 Å². The number of benzene rings is 1. The fraction of sp³-hybridized carbons (Fsp3) is 0.682. The molecular formula is C22H32O14. The third-order valence-electron chi connectivity index (χ3n) is 6.60. The van der Waals surface area contributed by atoms with Crippen LogP contribution in [-0.2, 0) is 9.47 Å². The molecule has 14 nitrogen and oxygen atoms in total. The number of ether oxygens (including phenoxy) is 2. The molecule has 36 heavy (non-hydrogen) atoms. The van der Waals surface area contributed by atoms with Crippen molar-refractivity contribution >= 4 is 5.78 Å². The Labute approximate surface area is 204 Å². The van der Waals surface area contributed by atoms with Crippen LogP contribution in [0.15, 0.2) is 0 Å². The van der Waals surface area contributed by atoms with Gasteiger partial charge in [-0.3, -0.25) is 4.79 Å². The monoisotopic (exact) mass is 520 g/mol. The molecule has 2 fully saturated rings. The van der Waals surface area contributed by atoms with Crippen LogP contribution in [-0.4, -0.2) is 124 Å². The molecule has 0 spiro atoms. The number of aromatic hydroxyl groups is 3. The zero-order valence-electron chi connectivity index (χ0n) is 19.2. The molecule has 0 radical (unpaired) electrons. The number of phenolic OH excluding ortho intramolecular Hbond substituents is 3. The van der Waals surface area contributed by atoms with Gasteiger partial charge in [0, 0.05) is 6.42 Å². The van der Waals surface area contributed by atoms with Crippen molar-refractivity contribution in [2.45, 2.75) is 80.8 Å². The first-order valence-corrected chi connectivity index (χ1v) is 11.4. The molecule has 0 amide bonds. The molecule has 0 bridgehead atoms. The maximum absolute atomic E-state index is 12.8. The van der Waals surface area contributed by atoms with Crippen LogP contribution in [0.3, 0.4) is 0 Å². The number of ketones is 1. The van der Waals surface area contributed by atoms with Crippen molar-refractivity contribution < 1.29 is 70.4 Å². The summed E-state index contributed by atoms with van der Waals surface area (Å²) >= 11 is 0. The third-order valence-corrected chi connectivity index (χ3v) is 6.60. The summed E-state index contributed by atoms with van der Waals surface area (Å²) in [6.45, 7) is -0.0616. The lowest BCUT2D eigenvalue weighted by Gasteiger charge is -2.42. The molecule has 11 N–H and O–H groups in total. The first-order chi connectivity index (χ1) is 16.9. The standard InChI is InChI=1S/C22H32O14/c1-2-3-6(25)9-14(28)10(21-19(33)17(31)12(26)7(4-23)35-21)16(30)11(15(9)29)22-20(34)18(32)13(27)8(5-24)36-22/h7-8,12-13,17-24,26-34H,2-5H2,1H3/t7-,8-,12-,13-,17+,18+,19-,20-,21+,22+/m1/s1. The van der Waals surface area contributed by atoms with Crippen molar-refractivity contribution in [2.24, 2.45) is 0 Å². The summed E-state index contributed by atoms with van der Waals surface area (Å²) < 4.78 is 10.8. The van der Waals surface area contributed by atoms with Gasteiger partial charge in [0.15, 0.2) is 5.78 Å². The highest BCUT2D eigenvalue weighted by molar-refractivity contribution is 6.02. The zero-order chi connectivity index (χ0) is 27.1. The van der Waals surface area contributed by atoms with Gasteiger partial charge >= 0.3 is 0 Å². The summed E-state index contributed by atoms with van der Waals surface area (Å²) in [6.07, 6.45) is -18.0. The SMILES string of the molecule is CCCC(=O)c1c(O)c([C@@H]2O[C@H](CO)[C@@H](O)[C@H](O)[C@H]2O)c(O)c([C@@H]2O[C@H](CO)[C@@H](O)[C@H](O)[C@H]2O)c1O. The Kier molecular flexibility index (Phi) is 8.78. The van der Waals surface area contributed by atoms with Gasteiger partial charge in [-0.05, 0) is 6.42 Å². The second-order valence-corrected chi connectivity index (χ2v) is 8.92. The number of aliphatic hydroxyl groups excluding tert-OH is 8. The Morgan fingerprint density at radius 3 is 1.39 bits per heavy atom. The fourth-order valence-electron chi connectivity index (χ4n) is 4.59. The van der Waals surface area contributed by atoms with E-state index in [-0.39, 0.29) is 12.8 Å². The molecule has 10 atom stereocenters. The average molecular weight is 520 g/mol. The molecule has 2 heterocycles. The summed E-state index contributed by atoms with van der Waals surface area (Å²) in [5.41, 5.74) is -2.24. The maximum atomic E-state index is 12.8. The minimum atomic E-state index is -2.01. The van der Waals surface area contributed by atoms with Gasteiger partial charge in [-0.1, -0.05) is 6.92 Å². The van der Waals surface area contributed by atoms with Crippen LogP contribution in [0.1, 0.15) is 53.5 Å². The first-order valence-electron chi connectivity index (χ1n) is 11.4. The van der Waals surface area contributed by atoms with E-state index in [1.54, 1.807) is 6.92 Å². The molecule has 0 saturated carbocycles. The van der Waals surface area contributed by atoms with Crippen LogP contribution in [0, 0.1) is 0 Å². The largest absolute Gasteiger partial charge is 0.507 e. The Hall–Kier alpha value is -2.11. The molecule has 204 valence electrons. The lowest BCUT2D eigenvalue weighted by molar-refractivity contribution is -0.234. The number of aliphatic hydroxyl groups is 8. The molecule has 0 aromatic heterocycles. The third kappa shape index (κ3) is 4.65. The molecule has 3 rings (SSSR count). The van der Waals surface area contributed by atoms with Gasteiger partial charge in [0.1, 0.15) is 83.9 Å². The number of carbonyl (C=O) groups is 1. The average Bonchev–Trinajstić information content (AvgIpc) is 2.84. The van der Waals surface area contributed by atoms with Crippen molar-refractivity contribution in [3.05, 3.63) is 16.7 Å². The molecule has 2 aliphatic heterocycles. The minimum Gasteiger partial charge on any atom is -0.507 e. The van der Waals surface area contributed by atoms with Crippen LogP contribution in [0.25, 0.3) is 0 Å². The van der Waals surface area contributed by atoms with Crippen molar-refractivity contribution in [2.75, 3.05) is 13.2 Å². The number of Topliss-reactive ketones (excluding diaryl/α,β-unsaturated/α-hetero) is 1. The van der Waals surface area contributed by atoms with Crippen LogP contribution in [0.4, 0.5) is 0 Å². The minimum absolute atomic E-state index is 0.200. The molecule has 14 heteroatoms. The predicted molar refractivity (Wildman–Crippen MR) is 116 cm³/mol. The van der Waals surface area contributed by atoms with E-state index in [0.717, 1.165) is 0 Å². The number of hydrogen-bond donors (Lipinski definition) is 11. The maximum Gasteiger partial charge on any atom is 0.170 e. The molecular weight excluding hydrogens is 488 g/mol. The lowest BCUT2D eigenvalue weighted by Crippen LogP contribution is -2.55. The van der Waals surface area contributed by atoms with E-state index in [9.17, 15) is 61.0 Å². The number of carbonyl (C=O) groups excluding carboxylic acids is 1. The van der Waals surface area contributed by atoms with Gasteiger partial charge in [0.2, 0.25) is 0 Å². The summed E-state index contributed by atoms with van der Waals surface area (Å²) in [7, 11) is 0. The molecule has 0 unspecified atom stereocenters. The van der Waals surface area contributed by atoms with E-state index in [2.05, 4.69) is 0 Å². The Morgan fingerprint density at radius 1 is 0.667 bits per heavy atom. The fourth-order valence-corrected chi connectivity index (χ4v) is 4.59. The van der Waals surface area contributed by atoms with Crippen LogP contribution >= 0.6 is 0 Å². The first kappa shape index (κ1) is 28.5. The van der Waals surface area contributed by atoms with Crippen LogP contribution in [0.5, 0.6) is 17.2 Å². The van der Waals surface area contributed by atoms with E-state index in [1.165, 1.54) is 0 Å². The number of phenols is 3. The molecule has 2 aliphatic rings. The Morgan fingerprint density at radius 2 is 1.06 bits per heavy atom. The molecule has 0 aliphatic carbocycles. The Balaban J connectivity index is 2.27. The van der Waals surface area contributed by atoms with Gasteiger partial charge < -0.3 is 65.6 Å². The van der Waals surface area contributed by atoms with E-state index >= 15 is 0 Å².